The van der Waals surface area contributed by atoms with Crippen molar-refractivity contribution < 1.29 is 14.3 Å². The van der Waals surface area contributed by atoms with Gasteiger partial charge in [-0.05, 0) is 12.1 Å². The topological polar surface area (TPSA) is 68.3 Å². The maximum atomic E-state index is 11.5. The van der Waals surface area contributed by atoms with Crippen LogP contribution in [0.4, 0.5) is 0 Å². The van der Waals surface area contributed by atoms with Crippen LogP contribution in [-0.2, 0) is 19.7 Å². The smallest absolute Gasteiger partial charge is 0.315 e. The van der Waals surface area contributed by atoms with E-state index < -0.39 is 5.97 Å². The number of nitrogens with zero attached hydrogens (tertiary/aromatic N) is 1. The molecule has 0 aromatic carbocycles. The van der Waals surface area contributed by atoms with Gasteiger partial charge in [0.2, 0.25) is 5.91 Å². The molecule has 1 aromatic rings. The molecule has 0 radical (unpaired) electrons. The summed E-state index contributed by atoms with van der Waals surface area (Å²) in [6, 6.07) is 5.65. The second kappa shape index (κ2) is 6.14. The number of methoxy groups -OCH3 is 1. The molecule has 0 unspecified atom stereocenters. The van der Waals surface area contributed by atoms with Crippen LogP contribution < -0.4 is 5.32 Å². The maximum absolute atomic E-state index is 11.5. The third kappa shape index (κ3) is 4.16. The second-order valence-corrected chi connectivity index (χ2v) is 4.63. The van der Waals surface area contributed by atoms with Crippen molar-refractivity contribution in [1.82, 2.24) is 10.3 Å². The lowest BCUT2D eigenvalue weighted by molar-refractivity contribution is -0.143. The first-order valence-corrected chi connectivity index (χ1v) is 5.71. The molecule has 1 rings (SSSR count). The summed E-state index contributed by atoms with van der Waals surface area (Å²) in [7, 11) is 1.26. The van der Waals surface area contributed by atoms with E-state index in [0.717, 1.165) is 5.69 Å². The van der Waals surface area contributed by atoms with Crippen molar-refractivity contribution >= 4 is 11.9 Å². The predicted molar refractivity (Wildman–Crippen MR) is 66.9 cm³/mol. The largest absolute Gasteiger partial charge is 0.469 e. The number of nitrogens with one attached hydrogen (secondary N) is 1. The van der Waals surface area contributed by atoms with Gasteiger partial charge in [0.25, 0.3) is 0 Å². The lowest BCUT2D eigenvalue weighted by Gasteiger charge is -2.24. The number of hydrogen-bond donors (Lipinski definition) is 1. The Hall–Kier alpha value is -1.91. The van der Waals surface area contributed by atoms with E-state index in [1.807, 2.05) is 32.0 Å². The van der Waals surface area contributed by atoms with Crippen molar-refractivity contribution in [3.8, 4) is 0 Å². The average Bonchev–Trinajstić information content (AvgIpc) is 2.37. The molecule has 0 spiro atoms. The molecule has 1 aromatic heterocycles. The Bertz CT molecular complexity index is 416. The highest BCUT2D eigenvalue weighted by molar-refractivity contribution is 5.94. The first-order chi connectivity index (χ1) is 8.45. The van der Waals surface area contributed by atoms with Crippen molar-refractivity contribution in [3.05, 3.63) is 30.1 Å². The van der Waals surface area contributed by atoms with E-state index in [4.69, 9.17) is 0 Å². The minimum absolute atomic E-state index is 0.255. The lowest BCUT2D eigenvalue weighted by atomic mass is 9.88. The molecule has 5 nitrogen and oxygen atoms in total. The van der Waals surface area contributed by atoms with Crippen molar-refractivity contribution in [2.45, 2.75) is 25.7 Å². The number of ether oxygens (including phenoxy) is 1. The van der Waals surface area contributed by atoms with Gasteiger partial charge in [-0.15, -0.1) is 0 Å². The van der Waals surface area contributed by atoms with E-state index in [1.165, 1.54) is 7.11 Å². The van der Waals surface area contributed by atoms with Gasteiger partial charge in [0, 0.05) is 23.9 Å². The van der Waals surface area contributed by atoms with E-state index >= 15 is 0 Å². The van der Waals surface area contributed by atoms with Crippen LogP contribution in [0.1, 0.15) is 26.0 Å². The summed E-state index contributed by atoms with van der Waals surface area (Å²) in [5.41, 5.74) is 0.607. The van der Waals surface area contributed by atoms with Crippen LogP contribution in [-0.4, -0.2) is 30.5 Å². The minimum Gasteiger partial charge on any atom is -0.469 e. The third-order valence-electron chi connectivity index (χ3n) is 2.62. The van der Waals surface area contributed by atoms with Crippen LogP contribution >= 0.6 is 0 Å². The van der Waals surface area contributed by atoms with Crippen molar-refractivity contribution in [3.63, 3.8) is 0 Å². The number of hydrogen-bond acceptors (Lipinski definition) is 4. The molecular weight excluding hydrogens is 232 g/mol. The molecule has 0 bridgehead atoms. The summed E-state index contributed by atoms with van der Waals surface area (Å²) >= 11 is 0. The Kier molecular flexibility index (Phi) is 4.83. The fourth-order valence-electron chi connectivity index (χ4n) is 1.44. The van der Waals surface area contributed by atoms with Crippen molar-refractivity contribution in [2.24, 2.45) is 0 Å². The molecule has 0 fully saturated rings. The molecular formula is C13H18N2O3. The predicted octanol–water partition coefficient (Wildman–Crippen LogP) is 1.04. The molecule has 0 atom stereocenters. The van der Waals surface area contributed by atoms with Crippen LogP contribution in [0, 0.1) is 0 Å². The minimum atomic E-state index is -0.539. The molecule has 0 aliphatic rings. The summed E-state index contributed by atoms with van der Waals surface area (Å²) in [5.74, 6) is -0.881. The highest BCUT2D eigenvalue weighted by Gasteiger charge is 2.23. The third-order valence-corrected chi connectivity index (χ3v) is 2.62. The van der Waals surface area contributed by atoms with Gasteiger partial charge in [0.15, 0.2) is 0 Å². The van der Waals surface area contributed by atoms with Gasteiger partial charge in [0.1, 0.15) is 6.42 Å². The quantitative estimate of drug-likeness (QED) is 0.626. The Morgan fingerprint density at radius 2 is 2.11 bits per heavy atom. The highest BCUT2D eigenvalue weighted by atomic mass is 16.5. The SMILES string of the molecule is COC(=O)CC(=O)NCC(C)(C)c1ccccn1. The molecule has 1 amide bonds. The van der Waals surface area contributed by atoms with Gasteiger partial charge in [-0.3, -0.25) is 14.6 Å². The zero-order valence-electron chi connectivity index (χ0n) is 10.9. The summed E-state index contributed by atoms with van der Waals surface area (Å²) in [4.78, 5) is 26.6. The number of aromatic nitrogens is 1. The molecule has 1 heterocycles. The van der Waals surface area contributed by atoms with Gasteiger partial charge in [-0.2, -0.15) is 0 Å². The number of rotatable bonds is 5. The Morgan fingerprint density at radius 1 is 1.39 bits per heavy atom. The monoisotopic (exact) mass is 250 g/mol. The van der Waals surface area contributed by atoms with Crippen molar-refractivity contribution in [1.29, 1.82) is 0 Å². The van der Waals surface area contributed by atoms with E-state index in [1.54, 1.807) is 6.20 Å². The number of esters is 1. The molecule has 18 heavy (non-hydrogen) atoms. The molecule has 0 saturated heterocycles. The summed E-state index contributed by atoms with van der Waals surface area (Å²) in [6.07, 6.45) is 1.46. The Morgan fingerprint density at radius 3 is 2.67 bits per heavy atom. The van der Waals surface area contributed by atoms with Crippen LogP contribution in [0.2, 0.25) is 0 Å². The number of carbonyl (C=O) groups is 2. The van der Waals surface area contributed by atoms with Crippen LogP contribution in [0.15, 0.2) is 24.4 Å². The molecule has 0 saturated carbocycles. The van der Waals surface area contributed by atoms with Crippen molar-refractivity contribution in [2.75, 3.05) is 13.7 Å². The first kappa shape index (κ1) is 14.2. The number of carbonyl (C=O) groups excluding carboxylic acids is 2. The summed E-state index contributed by atoms with van der Waals surface area (Å²) in [6.45, 7) is 4.38. The fourth-order valence-corrected chi connectivity index (χ4v) is 1.44. The molecule has 5 heteroatoms. The Balaban J connectivity index is 2.52. The maximum Gasteiger partial charge on any atom is 0.315 e. The van der Waals surface area contributed by atoms with Crippen LogP contribution in [0.3, 0.4) is 0 Å². The average molecular weight is 250 g/mol. The summed E-state index contributed by atoms with van der Waals surface area (Å²) in [5, 5.41) is 2.71. The van der Waals surface area contributed by atoms with E-state index in [9.17, 15) is 9.59 Å². The highest BCUT2D eigenvalue weighted by Crippen LogP contribution is 2.19. The normalized spacial score (nSPS) is 10.8. The number of pyridine rings is 1. The van der Waals surface area contributed by atoms with Gasteiger partial charge < -0.3 is 10.1 Å². The molecule has 0 aliphatic carbocycles. The van der Waals surface area contributed by atoms with Gasteiger partial charge in [-0.25, -0.2) is 0 Å². The zero-order valence-corrected chi connectivity index (χ0v) is 10.9. The van der Waals surface area contributed by atoms with Crippen LogP contribution in [0.5, 0.6) is 0 Å². The Labute approximate surface area is 107 Å². The zero-order chi connectivity index (χ0) is 13.6. The molecule has 1 N–H and O–H groups in total. The second-order valence-electron chi connectivity index (χ2n) is 4.63. The first-order valence-electron chi connectivity index (χ1n) is 5.71. The van der Waals surface area contributed by atoms with E-state index in [0.29, 0.717) is 6.54 Å². The molecule has 98 valence electrons. The van der Waals surface area contributed by atoms with Crippen LogP contribution in [0.25, 0.3) is 0 Å². The van der Waals surface area contributed by atoms with E-state index in [-0.39, 0.29) is 17.7 Å². The number of amides is 1. The molecule has 0 aliphatic heterocycles. The van der Waals surface area contributed by atoms with E-state index in [2.05, 4.69) is 15.0 Å². The standard InChI is InChI=1S/C13H18N2O3/c1-13(2,10-6-4-5-7-14-10)9-15-11(16)8-12(17)18-3/h4-7H,8-9H2,1-3H3,(H,15,16). The lowest BCUT2D eigenvalue weighted by Crippen LogP contribution is -2.38. The van der Waals surface area contributed by atoms with Gasteiger partial charge >= 0.3 is 5.97 Å². The van der Waals surface area contributed by atoms with Gasteiger partial charge in [-0.1, -0.05) is 19.9 Å². The van der Waals surface area contributed by atoms with Gasteiger partial charge in [0.05, 0.1) is 7.11 Å². The summed E-state index contributed by atoms with van der Waals surface area (Å²) < 4.78 is 4.43. The fraction of sp³-hybridized carbons (Fsp3) is 0.462.